The SMILES string of the molecule is CN=C(NCCc1nc(C)c(C)s1)NCc1ccc(CN(C)C(=O)OC(C)(C)C)cc1. The second kappa shape index (κ2) is 11.1. The van der Waals surface area contributed by atoms with Gasteiger partial charge in [-0.2, -0.15) is 0 Å². The fourth-order valence-electron chi connectivity index (χ4n) is 2.78. The first kappa shape index (κ1) is 24.7. The smallest absolute Gasteiger partial charge is 0.410 e. The summed E-state index contributed by atoms with van der Waals surface area (Å²) in [7, 11) is 3.51. The average Bonchev–Trinajstić information content (AvgIpc) is 3.01. The van der Waals surface area contributed by atoms with E-state index in [1.807, 2.05) is 39.8 Å². The van der Waals surface area contributed by atoms with E-state index in [1.165, 1.54) is 4.88 Å². The number of thiazole rings is 1. The Morgan fingerprint density at radius 1 is 1.16 bits per heavy atom. The van der Waals surface area contributed by atoms with Gasteiger partial charge in [-0.1, -0.05) is 24.3 Å². The summed E-state index contributed by atoms with van der Waals surface area (Å²) >= 11 is 1.75. The number of guanidine groups is 1. The molecule has 0 aliphatic carbocycles. The summed E-state index contributed by atoms with van der Waals surface area (Å²) in [6.07, 6.45) is 0.552. The lowest BCUT2D eigenvalue weighted by Gasteiger charge is -2.24. The molecule has 8 heteroatoms. The fourth-order valence-corrected chi connectivity index (χ4v) is 3.71. The number of carbonyl (C=O) groups is 1. The minimum Gasteiger partial charge on any atom is -0.444 e. The molecule has 2 aromatic rings. The van der Waals surface area contributed by atoms with E-state index < -0.39 is 5.60 Å². The van der Waals surface area contributed by atoms with Crippen LogP contribution in [0.1, 0.15) is 47.5 Å². The predicted octanol–water partition coefficient (Wildman–Crippen LogP) is 4.03. The maximum atomic E-state index is 12.1. The van der Waals surface area contributed by atoms with Crippen LogP contribution in [-0.4, -0.2) is 48.2 Å². The van der Waals surface area contributed by atoms with Crippen molar-refractivity contribution in [1.82, 2.24) is 20.5 Å². The summed E-state index contributed by atoms with van der Waals surface area (Å²) in [5.74, 6) is 0.763. The van der Waals surface area contributed by atoms with Crippen LogP contribution >= 0.6 is 11.3 Å². The third-order valence-electron chi connectivity index (χ3n) is 4.54. The lowest BCUT2D eigenvalue weighted by Crippen LogP contribution is -2.37. The van der Waals surface area contributed by atoms with Gasteiger partial charge in [-0.3, -0.25) is 4.99 Å². The van der Waals surface area contributed by atoms with Crippen LogP contribution in [0.15, 0.2) is 29.3 Å². The van der Waals surface area contributed by atoms with Gasteiger partial charge in [0.1, 0.15) is 5.60 Å². The van der Waals surface area contributed by atoms with Crippen LogP contribution in [0.4, 0.5) is 4.79 Å². The number of carbonyl (C=O) groups excluding carboxylic acids is 1. The molecule has 0 aliphatic heterocycles. The number of ether oxygens (including phenoxy) is 1. The highest BCUT2D eigenvalue weighted by Crippen LogP contribution is 2.16. The quantitative estimate of drug-likeness (QED) is 0.497. The summed E-state index contributed by atoms with van der Waals surface area (Å²) in [4.78, 5) is 23.8. The molecular weight excluding hydrogens is 410 g/mol. The van der Waals surface area contributed by atoms with Gasteiger partial charge in [-0.25, -0.2) is 9.78 Å². The zero-order valence-corrected chi connectivity index (χ0v) is 20.5. The highest BCUT2D eigenvalue weighted by molar-refractivity contribution is 7.11. The minimum atomic E-state index is -0.494. The van der Waals surface area contributed by atoms with E-state index in [0.717, 1.165) is 40.8 Å². The Morgan fingerprint density at radius 3 is 2.35 bits per heavy atom. The Morgan fingerprint density at radius 2 is 1.81 bits per heavy atom. The Labute approximate surface area is 189 Å². The first-order valence-electron chi connectivity index (χ1n) is 10.5. The first-order valence-corrected chi connectivity index (χ1v) is 11.3. The van der Waals surface area contributed by atoms with Crippen LogP contribution in [-0.2, 0) is 24.2 Å². The Bertz CT molecular complexity index is 865. The topological polar surface area (TPSA) is 78.9 Å². The molecule has 0 spiro atoms. The van der Waals surface area contributed by atoms with E-state index in [4.69, 9.17) is 4.74 Å². The van der Waals surface area contributed by atoms with Gasteiger partial charge in [-0.15, -0.1) is 11.3 Å². The van der Waals surface area contributed by atoms with Gasteiger partial charge in [0.2, 0.25) is 0 Å². The van der Waals surface area contributed by atoms with Crippen molar-refractivity contribution in [1.29, 1.82) is 0 Å². The summed E-state index contributed by atoms with van der Waals surface area (Å²) in [6.45, 7) is 11.7. The predicted molar refractivity (Wildman–Crippen MR) is 128 cm³/mol. The van der Waals surface area contributed by atoms with Crippen molar-refractivity contribution in [2.45, 2.75) is 59.7 Å². The van der Waals surface area contributed by atoms with E-state index in [0.29, 0.717) is 13.1 Å². The standard InChI is InChI=1S/C23H35N5O2S/c1-16-17(2)31-20(27-16)12-13-25-21(24-6)26-14-18-8-10-19(11-9-18)15-28(7)22(29)30-23(3,4)5/h8-11H,12-15H2,1-7H3,(H2,24,25,26). The van der Waals surface area contributed by atoms with Crippen LogP contribution in [0.2, 0.25) is 0 Å². The lowest BCUT2D eigenvalue weighted by atomic mass is 10.1. The van der Waals surface area contributed by atoms with E-state index in [1.54, 1.807) is 30.3 Å². The number of hydrogen-bond donors (Lipinski definition) is 2. The number of nitrogens with zero attached hydrogens (tertiary/aromatic N) is 3. The van der Waals surface area contributed by atoms with Crippen LogP contribution in [0, 0.1) is 13.8 Å². The molecule has 1 aromatic heterocycles. The number of benzene rings is 1. The Kier molecular flexibility index (Phi) is 8.86. The van der Waals surface area contributed by atoms with Crippen LogP contribution in [0.3, 0.4) is 0 Å². The Hall–Kier alpha value is -2.61. The van der Waals surface area contributed by atoms with Gasteiger partial charge in [0, 0.05) is 45.0 Å². The number of amides is 1. The van der Waals surface area contributed by atoms with Gasteiger partial charge in [0.05, 0.1) is 10.7 Å². The minimum absolute atomic E-state index is 0.323. The fraction of sp³-hybridized carbons (Fsp3) is 0.522. The van der Waals surface area contributed by atoms with Crippen molar-refractivity contribution in [3.8, 4) is 0 Å². The second-order valence-corrected chi connectivity index (χ2v) is 9.79. The highest BCUT2D eigenvalue weighted by Gasteiger charge is 2.19. The summed E-state index contributed by atoms with van der Waals surface area (Å²) < 4.78 is 5.39. The van der Waals surface area contributed by atoms with Crippen molar-refractivity contribution >= 4 is 23.4 Å². The molecule has 1 aromatic carbocycles. The molecule has 1 amide bonds. The number of aryl methyl sites for hydroxylation is 2. The van der Waals surface area contributed by atoms with Crippen molar-refractivity contribution in [3.63, 3.8) is 0 Å². The number of rotatable bonds is 7. The van der Waals surface area contributed by atoms with Gasteiger partial charge < -0.3 is 20.3 Å². The normalized spacial score (nSPS) is 11.9. The van der Waals surface area contributed by atoms with Gasteiger partial charge in [-0.05, 0) is 45.7 Å². The van der Waals surface area contributed by atoms with Gasteiger partial charge >= 0.3 is 6.09 Å². The largest absolute Gasteiger partial charge is 0.444 e. The maximum absolute atomic E-state index is 12.1. The van der Waals surface area contributed by atoms with Crippen molar-refractivity contribution < 1.29 is 9.53 Å². The molecule has 7 nitrogen and oxygen atoms in total. The van der Waals surface area contributed by atoms with Crippen LogP contribution < -0.4 is 10.6 Å². The molecule has 0 fully saturated rings. The second-order valence-electron chi connectivity index (χ2n) is 8.50. The molecule has 0 atom stereocenters. The molecule has 2 N–H and O–H groups in total. The van der Waals surface area contributed by atoms with E-state index >= 15 is 0 Å². The molecule has 0 bridgehead atoms. The molecule has 0 radical (unpaired) electrons. The van der Waals surface area contributed by atoms with Gasteiger partial charge in [0.25, 0.3) is 0 Å². The average molecular weight is 446 g/mol. The van der Waals surface area contributed by atoms with E-state index in [-0.39, 0.29) is 6.09 Å². The van der Waals surface area contributed by atoms with E-state index in [2.05, 4.69) is 39.7 Å². The first-order chi connectivity index (χ1) is 14.6. The molecule has 2 rings (SSSR count). The van der Waals surface area contributed by atoms with Crippen molar-refractivity contribution in [3.05, 3.63) is 51.0 Å². The Balaban J connectivity index is 1.77. The molecule has 0 saturated carbocycles. The number of hydrogen-bond acceptors (Lipinski definition) is 5. The molecular formula is C23H35N5O2S. The molecule has 1 heterocycles. The monoisotopic (exact) mass is 445 g/mol. The maximum Gasteiger partial charge on any atom is 0.410 e. The molecule has 0 unspecified atom stereocenters. The third-order valence-corrected chi connectivity index (χ3v) is 5.67. The van der Waals surface area contributed by atoms with Gasteiger partial charge in [0.15, 0.2) is 5.96 Å². The zero-order valence-electron chi connectivity index (χ0n) is 19.7. The van der Waals surface area contributed by atoms with Crippen molar-refractivity contribution in [2.24, 2.45) is 4.99 Å². The molecule has 0 aliphatic rings. The molecule has 170 valence electrons. The van der Waals surface area contributed by atoms with E-state index in [9.17, 15) is 4.79 Å². The summed E-state index contributed by atoms with van der Waals surface area (Å²) in [5, 5.41) is 7.81. The summed E-state index contributed by atoms with van der Waals surface area (Å²) in [6, 6.07) is 8.17. The molecule has 0 saturated heterocycles. The highest BCUT2D eigenvalue weighted by atomic mass is 32.1. The third kappa shape index (κ3) is 8.57. The van der Waals surface area contributed by atoms with Crippen LogP contribution in [0.25, 0.3) is 0 Å². The van der Waals surface area contributed by atoms with Crippen molar-refractivity contribution in [2.75, 3.05) is 20.6 Å². The summed E-state index contributed by atoms with van der Waals surface area (Å²) in [5.41, 5.74) is 2.81. The number of aliphatic imine (C=N–C) groups is 1. The zero-order chi connectivity index (χ0) is 23.0. The number of nitrogens with one attached hydrogen (secondary N) is 2. The lowest BCUT2D eigenvalue weighted by molar-refractivity contribution is 0.0285. The van der Waals surface area contributed by atoms with Crippen LogP contribution in [0.5, 0.6) is 0 Å². The number of aromatic nitrogens is 1. The molecule has 31 heavy (non-hydrogen) atoms.